The minimum atomic E-state index is -0.591. The summed E-state index contributed by atoms with van der Waals surface area (Å²) in [4.78, 5) is 10.9. The lowest BCUT2D eigenvalue weighted by atomic mass is 10.2. The molecule has 136 valence electrons. The average Bonchev–Trinajstić information content (AvgIpc) is 3.00. The van der Waals surface area contributed by atoms with E-state index in [9.17, 15) is 4.79 Å². The first kappa shape index (κ1) is 18.8. The average molecular weight is 369 g/mol. The van der Waals surface area contributed by atoms with Crippen LogP contribution in [0.25, 0.3) is 0 Å². The van der Waals surface area contributed by atoms with Crippen LogP contribution in [0.3, 0.4) is 0 Å². The minimum absolute atomic E-state index is 0.275. The van der Waals surface area contributed by atoms with Gasteiger partial charge in [-0.25, -0.2) is 4.68 Å². The number of anilines is 1. The van der Waals surface area contributed by atoms with Crippen LogP contribution in [0.15, 0.2) is 12.1 Å². The van der Waals surface area contributed by atoms with Crippen molar-refractivity contribution in [3.8, 4) is 11.5 Å². The molecule has 0 unspecified atom stereocenters. The zero-order chi connectivity index (χ0) is 18.2. The molecule has 0 saturated heterocycles. The van der Waals surface area contributed by atoms with Crippen molar-refractivity contribution < 1.29 is 14.3 Å². The summed E-state index contributed by atoms with van der Waals surface area (Å²) >= 11 is 6.26. The van der Waals surface area contributed by atoms with E-state index in [1.165, 1.54) is 0 Å². The predicted octanol–water partition coefficient (Wildman–Crippen LogP) is 1.61. The Hall–Kier alpha value is -2.55. The van der Waals surface area contributed by atoms with Crippen LogP contribution in [0.1, 0.15) is 25.8 Å². The van der Waals surface area contributed by atoms with E-state index in [4.69, 9.17) is 26.8 Å². The van der Waals surface area contributed by atoms with E-state index in [-0.39, 0.29) is 6.61 Å². The number of amides is 1. The van der Waals surface area contributed by atoms with Crippen molar-refractivity contribution in [1.82, 2.24) is 20.2 Å². The van der Waals surface area contributed by atoms with Crippen LogP contribution in [0.2, 0.25) is 5.02 Å². The molecule has 0 aliphatic heterocycles. The van der Waals surface area contributed by atoms with Gasteiger partial charge in [0.15, 0.2) is 18.1 Å². The number of aryl methyl sites for hydroxylation is 1. The number of nitrogens with zero attached hydrogens (tertiary/aromatic N) is 4. The maximum Gasteiger partial charge on any atom is 0.255 e. The Kier molecular flexibility index (Phi) is 6.81. The van der Waals surface area contributed by atoms with Gasteiger partial charge in [0.1, 0.15) is 0 Å². The number of tetrazole rings is 1. The fourth-order valence-corrected chi connectivity index (χ4v) is 2.43. The number of aromatic nitrogens is 4. The lowest BCUT2D eigenvalue weighted by molar-refractivity contribution is -0.119. The highest BCUT2D eigenvalue weighted by molar-refractivity contribution is 6.32. The smallest absolute Gasteiger partial charge is 0.255 e. The molecule has 0 bridgehead atoms. The number of ether oxygens (including phenoxy) is 2. The first-order valence-corrected chi connectivity index (χ1v) is 8.29. The summed E-state index contributed by atoms with van der Waals surface area (Å²) in [6.07, 6.45) is 0.923. The van der Waals surface area contributed by atoms with E-state index >= 15 is 0 Å². The summed E-state index contributed by atoms with van der Waals surface area (Å²) in [5.74, 6) is 0.722. The van der Waals surface area contributed by atoms with E-state index in [1.807, 2.05) is 13.8 Å². The number of halogens is 1. The summed E-state index contributed by atoms with van der Waals surface area (Å²) in [5, 5.41) is 15.0. The molecule has 0 aliphatic rings. The van der Waals surface area contributed by atoms with Gasteiger partial charge in [-0.1, -0.05) is 23.6 Å². The summed E-state index contributed by atoms with van der Waals surface area (Å²) in [7, 11) is 0. The first-order chi connectivity index (χ1) is 12.0. The van der Waals surface area contributed by atoms with Gasteiger partial charge in [0.2, 0.25) is 5.95 Å². The number of primary amides is 1. The standard InChI is InChI=1S/C15H21ClN6O3/c1-3-5-22-15(19-20-21-22)18-8-10-6-11(16)14(25-9-13(17)23)12(7-10)24-4-2/h6-7H,3-5,8-9H2,1-2H3,(H2,17,23)(H,18,19,21). The molecule has 0 aliphatic carbocycles. The number of rotatable bonds is 10. The number of hydrogen-bond acceptors (Lipinski definition) is 7. The molecular formula is C15H21ClN6O3. The summed E-state index contributed by atoms with van der Waals surface area (Å²) in [6.45, 7) is 5.21. The van der Waals surface area contributed by atoms with Crippen LogP contribution in [-0.4, -0.2) is 39.3 Å². The van der Waals surface area contributed by atoms with Crippen molar-refractivity contribution in [2.75, 3.05) is 18.5 Å². The van der Waals surface area contributed by atoms with Crippen molar-refractivity contribution in [3.05, 3.63) is 22.7 Å². The van der Waals surface area contributed by atoms with E-state index in [1.54, 1.807) is 16.8 Å². The number of hydrogen-bond donors (Lipinski definition) is 2. The molecule has 0 radical (unpaired) electrons. The molecule has 25 heavy (non-hydrogen) atoms. The second kappa shape index (κ2) is 9.07. The van der Waals surface area contributed by atoms with Gasteiger partial charge in [0.25, 0.3) is 5.91 Å². The van der Waals surface area contributed by atoms with Gasteiger partial charge in [0.05, 0.1) is 11.6 Å². The molecule has 0 saturated carbocycles. The van der Waals surface area contributed by atoms with Crippen LogP contribution >= 0.6 is 11.6 Å². The van der Waals surface area contributed by atoms with Gasteiger partial charge in [-0.2, -0.15) is 0 Å². The Bertz CT molecular complexity index is 721. The minimum Gasteiger partial charge on any atom is -0.490 e. The highest BCUT2D eigenvalue weighted by Crippen LogP contribution is 2.36. The molecule has 1 heterocycles. The van der Waals surface area contributed by atoms with E-state index in [0.29, 0.717) is 35.6 Å². The molecule has 1 amide bonds. The van der Waals surface area contributed by atoms with Crippen molar-refractivity contribution in [3.63, 3.8) is 0 Å². The maximum atomic E-state index is 10.9. The van der Waals surface area contributed by atoms with Crippen LogP contribution in [-0.2, 0) is 17.9 Å². The summed E-state index contributed by atoms with van der Waals surface area (Å²) in [6, 6.07) is 3.51. The number of nitrogens with one attached hydrogen (secondary N) is 1. The molecular weight excluding hydrogens is 348 g/mol. The number of carbonyl (C=O) groups is 1. The fourth-order valence-electron chi connectivity index (χ4n) is 2.14. The number of benzene rings is 1. The molecule has 2 aromatic rings. The second-order valence-corrected chi connectivity index (χ2v) is 5.58. The van der Waals surface area contributed by atoms with Crippen LogP contribution in [0.5, 0.6) is 11.5 Å². The molecule has 1 aromatic heterocycles. The third-order valence-electron chi connectivity index (χ3n) is 3.15. The number of carbonyl (C=O) groups excluding carboxylic acids is 1. The fraction of sp³-hybridized carbons (Fsp3) is 0.467. The SMILES string of the molecule is CCCn1nnnc1NCc1cc(Cl)c(OCC(N)=O)c(OCC)c1. The van der Waals surface area contributed by atoms with Crippen molar-refractivity contribution in [2.45, 2.75) is 33.4 Å². The topological polar surface area (TPSA) is 117 Å². The van der Waals surface area contributed by atoms with Crippen LogP contribution in [0, 0.1) is 0 Å². The van der Waals surface area contributed by atoms with Gasteiger partial charge in [-0.15, -0.1) is 0 Å². The Morgan fingerprint density at radius 1 is 1.36 bits per heavy atom. The maximum absolute atomic E-state index is 10.9. The molecule has 1 aromatic carbocycles. The molecule has 10 heteroatoms. The number of nitrogens with two attached hydrogens (primary N) is 1. The molecule has 3 N–H and O–H groups in total. The first-order valence-electron chi connectivity index (χ1n) is 7.91. The predicted molar refractivity (Wildman–Crippen MR) is 92.7 cm³/mol. The van der Waals surface area contributed by atoms with Gasteiger partial charge >= 0.3 is 0 Å². The molecule has 9 nitrogen and oxygen atoms in total. The van der Waals surface area contributed by atoms with Gasteiger partial charge in [-0.05, 0) is 41.5 Å². The summed E-state index contributed by atoms with van der Waals surface area (Å²) in [5.41, 5.74) is 5.96. The van der Waals surface area contributed by atoms with Crippen molar-refractivity contribution >= 4 is 23.5 Å². The van der Waals surface area contributed by atoms with Gasteiger partial charge < -0.3 is 20.5 Å². The largest absolute Gasteiger partial charge is 0.490 e. The third-order valence-corrected chi connectivity index (χ3v) is 3.43. The highest BCUT2D eigenvalue weighted by Gasteiger charge is 2.14. The van der Waals surface area contributed by atoms with E-state index in [2.05, 4.69) is 20.8 Å². The third kappa shape index (κ3) is 5.21. The molecule has 0 atom stereocenters. The van der Waals surface area contributed by atoms with E-state index < -0.39 is 5.91 Å². The van der Waals surface area contributed by atoms with Crippen LogP contribution < -0.4 is 20.5 Å². The Morgan fingerprint density at radius 3 is 2.84 bits per heavy atom. The van der Waals surface area contributed by atoms with Crippen molar-refractivity contribution in [2.24, 2.45) is 5.73 Å². The highest BCUT2D eigenvalue weighted by atomic mass is 35.5. The second-order valence-electron chi connectivity index (χ2n) is 5.17. The van der Waals surface area contributed by atoms with Gasteiger partial charge in [-0.3, -0.25) is 4.79 Å². The van der Waals surface area contributed by atoms with E-state index in [0.717, 1.165) is 18.5 Å². The summed E-state index contributed by atoms with van der Waals surface area (Å²) < 4.78 is 12.6. The quantitative estimate of drug-likeness (QED) is 0.654. The lowest BCUT2D eigenvalue weighted by Gasteiger charge is -2.15. The van der Waals surface area contributed by atoms with Crippen LogP contribution in [0.4, 0.5) is 5.95 Å². The molecule has 0 fully saturated rings. The van der Waals surface area contributed by atoms with Gasteiger partial charge in [0, 0.05) is 13.1 Å². The normalized spacial score (nSPS) is 10.5. The zero-order valence-corrected chi connectivity index (χ0v) is 14.9. The lowest BCUT2D eigenvalue weighted by Crippen LogP contribution is -2.20. The van der Waals surface area contributed by atoms with Crippen molar-refractivity contribution in [1.29, 1.82) is 0 Å². The Morgan fingerprint density at radius 2 is 2.16 bits per heavy atom. The zero-order valence-electron chi connectivity index (χ0n) is 14.2. The molecule has 2 rings (SSSR count). The molecule has 0 spiro atoms. The monoisotopic (exact) mass is 368 g/mol. The Labute approximate surface area is 150 Å². The Balaban J connectivity index is 2.15.